The summed E-state index contributed by atoms with van der Waals surface area (Å²) in [6, 6.07) is 15.3. The highest BCUT2D eigenvalue weighted by atomic mass is 79.9. The van der Waals surface area contributed by atoms with Crippen LogP contribution in [0.3, 0.4) is 0 Å². The Morgan fingerprint density at radius 2 is 1.58 bits per heavy atom. The van der Waals surface area contributed by atoms with Crippen molar-refractivity contribution in [3.05, 3.63) is 69.2 Å². The zero-order valence-corrected chi connectivity index (χ0v) is 13.3. The van der Waals surface area contributed by atoms with Gasteiger partial charge >= 0.3 is 0 Å². The number of hydrogen-bond acceptors (Lipinski definition) is 1. The SMILES string of the molecule is CCNC(c1ccc(Br)cc1)c1c(C)cccc1C. The summed E-state index contributed by atoms with van der Waals surface area (Å²) in [4.78, 5) is 0. The molecule has 1 nitrogen and oxygen atoms in total. The van der Waals surface area contributed by atoms with Gasteiger partial charge in [0.2, 0.25) is 0 Å². The zero-order chi connectivity index (χ0) is 13.8. The highest BCUT2D eigenvalue weighted by Gasteiger charge is 2.16. The van der Waals surface area contributed by atoms with Gasteiger partial charge in [0, 0.05) is 4.47 Å². The van der Waals surface area contributed by atoms with Crippen LogP contribution in [0.25, 0.3) is 0 Å². The summed E-state index contributed by atoms with van der Waals surface area (Å²) in [6.45, 7) is 7.48. The Labute approximate surface area is 124 Å². The molecule has 0 aromatic heterocycles. The minimum absolute atomic E-state index is 0.263. The van der Waals surface area contributed by atoms with E-state index < -0.39 is 0 Å². The smallest absolute Gasteiger partial charge is 0.0581 e. The van der Waals surface area contributed by atoms with Gasteiger partial charge in [-0.15, -0.1) is 0 Å². The molecule has 0 saturated carbocycles. The maximum absolute atomic E-state index is 3.60. The highest BCUT2D eigenvalue weighted by Crippen LogP contribution is 2.28. The van der Waals surface area contributed by atoms with Crippen LogP contribution in [0.1, 0.15) is 35.2 Å². The topological polar surface area (TPSA) is 12.0 Å². The van der Waals surface area contributed by atoms with Crippen molar-refractivity contribution in [3.63, 3.8) is 0 Å². The fourth-order valence-electron chi connectivity index (χ4n) is 2.53. The molecule has 0 aliphatic carbocycles. The van der Waals surface area contributed by atoms with Gasteiger partial charge in [-0.2, -0.15) is 0 Å². The maximum Gasteiger partial charge on any atom is 0.0581 e. The van der Waals surface area contributed by atoms with Crippen molar-refractivity contribution in [2.45, 2.75) is 26.8 Å². The lowest BCUT2D eigenvalue weighted by Gasteiger charge is -2.23. The standard InChI is InChI=1S/C17H20BrN/c1-4-19-17(14-8-10-15(18)11-9-14)16-12(2)6-5-7-13(16)3/h5-11,17,19H,4H2,1-3H3. The lowest BCUT2D eigenvalue weighted by Crippen LogP contribution is -2.23. The summed E-state index contributed by atoms with van der Waals surface area (Å²) in [5, 5.41) is 3.60. The van der Waals surface area contributed by atoms with E-state index in [1.807, 2.05) is 0 Å². The number of halogens is 1. The third kappa shape index (κ3) is 3.26. The minimum Gasteiger partial charge on any atom is -0.307 e. The monoisotopic (exact) mass is 317 g/mol. The number of aryl methyl sites for hydroxylation is 2. The molecule has 1 atom stereocenters. The molecule has 0 aliphatic rings. The van der Waals surface area contributed by atoms with Gasteiger partial charge < -0.3 is 5.32 Å². The van der Waals surface area contributed by atoms with Crippen LogP contribution in [0.4, 0.5) is 0 Å². The van der Waals surface area contributed by atoms with Crippen LogP contribution >= 0.6 is 15.9 Å². The number of nitrogens with one attached hydrogen (secondary N) is 1. The highest BCUT2D eigenvalue weighted by molar-refractivity contribution is 9.10. The third-order valence-electron chi connectivity index (χ3n) is 3.44. The molecular formula is C17H20BrN. The predicted octanol–water partition coefficient (Wildman–Crippen LogP) is 4.76. The van der Waals surface area contributed by atoms with Crippen LogP contribution in [-0.2, 0) is 0 Å². The average molecular weight is 318 g/mol. The van der Waals surface area contributed by atoms with Crippen molar-refractivity contribution in [2.75, 3.05) is 6.54 Å². The van der Waals surface area contributed by atoms with E-state index in [4.69, 9.17) is 0 Å². The van der Waals surface area contributed by atoms with E-state index in [1.165, 1.54) is 22.3 Å². The molecule has 0 radical (unpaired) electrons. The van der Waals surface area contributed by atoms with Gasteiger partial charge in [-0.1, -0.05) is 53.2 Å². The van der Waals surface area contributed by atoms with E-state index >= 15 is 0 Å². The molecule has 0 aliphatic heterocycles. The molecule has 0 amide bonds. The largest absolute Gasteiger partial charge is 0.307 e. The molecule has 0 heterocycles. The molecule has 0 saturated heterocycles. The Bertz CT molecular complexity index is 525. The molecule has 100 valence electrons. The Balaban J connectivity index is 2.48. The second kappa shape index (κ2) is 6.36. The van der Waals surface area contributed by atoms with Crippen LogP contribution in [0, 0.1) is 13.8 Å². The van der Waals surface area contributed by atoms with Crippen LogP contribution in [0.5, 0.6) is 0 Å². The van der Waals surface area contributed by atoms with Crippen molar-refractivity contribution in [2.24, 2.45) is 0 Å². The van der Waals surface area contributed by atoms with Crippen LogP contribution in [-0.4, -0.2) is 6.54 Å². The summed E-state index contributed by atoms with van der Waals surface area (Å²) in [7, 11) is 0. The first-order valence-electron chi connectivity index (χ1n) is 6.68. The molecule has 1 unspecified atom stereocenters. The molecule has 2 heteroatoms. The second-order valence-electron chi connectivity index (χ2n) is 4.85. The van der Waals surface area contributed by atoms with E-state index in [0.717, 1.165) is 11.0 Å². The van der Waals surface area contributed by atoms with E-state index in [9.17, 15) is 0 Å². The van der Waals surface area contributed by atoms with Gasteiger partial charge in [0.05, 0.1) is 6.04 Å². The predicted molar refractivity (Wildman–Crippen MR) is 85.6 cm³/mol. The molecule has 0 bridgehead atoms. The molecule has 2 aromatic carbocycles. The van der Waals surface area contributed by atoms with Crippen molar-refractivity contribution >= 4 is 15.9 Å². The van der Waals surface area contributed by atoms with Gasteiger partial charge in [0.25, 0.3) is 0 Å². The Hall–Kier alpha value is -1.12. The summed E-state index contributed by atoms with van der Waals surface area (Å²) in [5.74, 6) is 0. The van der Waals surface area contributed by atoms with Crippen molar-refractivity contribution < 1.29 is 0 Å². The van der Waals surface area contributed by atoms with Gasteiger partial charge in [-0.25, -0.2) is 0 Å². The Morgan fingerprint density at radius 1 is 1.00 bits per heavy atom. The van der Waals surface area contributed by atoms with E-state index in [1.54, 1.807) is 0 Å². The first-order chi connectivity index (χ1) is 9.13. The number of rotatable bonds is 4. The van der Waals surface area contributed by atoms with Crippen LogP contribution in [0.2, 0.25) is 0 Å². The van der Waals surface area contributed by atoms with Crippen molar-refractivity contribution in [3.8, 4) is 0 Å². The average Bonchev–Trinajstić information content (AvgIpc) is 2.38. The van der Waals surface area contributed by atoms with Crippen molar-refractivity contribution in [1.29, 1.82) is 0 Å². The second-order valence-corrected chi connectivity index (χ2v) is 5.76. The lowest BCUT2D eigenvalue weighted by molar-refractivity contribution is 0.624. The summed E-state index contributed by atoms with van der Waals surface area (Å²) < 4.78 is 1.12. The molecule has 2 rings (SSSR count). The van der Waals surface area contributed by atoms with E-state index in [2.05, 4.69) is 84.5 Å². The maximum atomic E-state index is 3.60. The fraction of sp³-hybridized carbons (Fsp3) is 0.294. The number of benzene rings is 2. The summed E-state index contributed by atoms with van der Waals surface area (Å²) >= 11 is 3.50. The van der Waals surface area contributed by atoms with Crippen molar-refractivity contribution in [1.82, 2.24) is 5.32 Å². The van der Waals surface area contributed by atoms with Gasteiger partial charge in [-0.05, 0) is 54.8 Å². The Kier molecular flexibility index (Phi) is 4.78. The quantitative estimate of drug-likeness (QED) is 0.856. The van der Waals surface area contributed by atoms with Gasteiger partial charge in [-0.3, -0.25) is 0 Å². The fourth-order valence-corrected chi connectivity index (χ4v) is 2.79. The summed E-state index contributed by atoms with van der Waals surface area (Å²) in [6.07, 6.45) is 0. The first kappa shape index (κ1) is 14.3. The minimum atomic E-state index is 0.263. The van der Waals surface area contributed by atoms with Crippen LogP contribution in [0.15, 0.2) is 46.9 Å². The normalized spacial score (nSPS) is 12.4. The molecule has 0 spiro atoms. The van der Waals surface area contributed by atoms with Gasteiger partial charge in [0.15, 0.2) is 0 Å². The van der Waals surface area contributed by atoms with E-state index in [-0.39, 0.29) is 6.04 Å². The van der Waals surface area contributed by atoms with Gasteiger partial charge in [0.1, 0.15) is 0 Å². The third-order valence-corrected chi connectivity index (χ3v) is 3.97. The first-order valence-corrected chi connectivity index (χ1v) is 7.47. The van der Waals surface area contributed by atoms with E-state index in [0.29, 0.717) is 0 Å². The van der Waals surface area contributed by atoms with Crippen LogP contribution < -0.4 is 5.32 Å². The summed E-state index contributed by atoms with van der Waals surface area (Å²) in [5.41, 5.74) is 5.39. The molecule has 1 N–H and O–H groups in total. The lowest BCUT2D eigenvalue weighted by atomic mass is 9.91. The zero-order valence-electron chi connectivity index (χ0n) is 11.7. The molecule has 0 fully saturated rings. The Morgan fingerprint density at radius 3 is 2.11 bits per heavy atom. The number of hydrogen-bond donors (Lipinski definition) is 1. The molecule has 2 aromatic rings. The molecule has 19 heavy (non-hydrogen) atoms. The molecular weight excluding hydrogens is 298 g/mol.